The molecule has 0 unspecified atom stereocenters. The van der Waals surface area contributed by atoms with Gasteiger partial charge in [0.15, 0.2) is 6.61 Å². The highest BCUT2D eigenvalue weighted by Crippen LogP contribution is 2.15. The van der Waals surface area contributed by atoms with Crippen LogP contribution >= 0.6 is 11.6 Å². The van der Waals surface area contributed by atoms with Crippen LogP contribution in [0.2, 0.25) is 5.02 Å². The lowest BCUT2D eigenvalue weighted by molar-refractivity contribution is -0.141. The quantitative estimate of drug-likeness (QED) is 0.550. The van der Waals surface area contributed by atoms with Crippen LogP contribution in [-0.2, 0) is 20.9 Å². The zero-order chi connectivity index (χ0) is 18.1. The molecule has 0 aliphatic heterocycles. The van der Waals surface area contributed by atoms with Gasteiger partial charge in [0.25, 0.3) is 5.91 Å². The maximum absolute atomic E-state index is 11.6. The molecular weight excluding hydrogens is 346 g/mol. The second-order valence-electron chi connectivity index (χ2n) is 4.91. The second kappa shape index (κ2) is 9.29. The topological polar surface area (TPSA) is 96.5 Å². The highest BCUT2D eigenvalue weighted by atomic mass is 35.5. The Kier molecular flexibility index (Phi) is 6.79. The number of carbonyl (C=O) groups excluding carboxylic acids is 3. The van der Waals surface area contributed by atoms with Crippen LogP contribution in [-0.4, -0.2) is 24.3 Å². The van der Waals surface area contributed by atoms with Gasteiger partial charge in [-0.1, -0.05) is 41.9 Å². The predicted octanol–water partition coefficient (Wildman–Crippen LogP) is 1.18. The summed E-state index contributed by atoms with van der Waals surface area (Å²) in [5.41, 5.74) is 4.96. The van der Waals surface area contributed by atoms with E-state index in [1.165, 1.54) is 0 Å². The molecule has 0 heterocycles. The molecule has 130 valence electrons. The van der Waals surface area contributed by atoms with Crippen LogP contribution in [0.5, 0.6) is 5.75 Å². The van der Waals surface area contributed by atoms with E-state index in [2.05, 4.69) is 10.7 Å². The molecule has 0 spiro atoms. The third-order valence-corrected chi connectivity index (χ3v) is 3.25. The minimum absolute atomic E-state index is 0.209. The highest BCUT2D eigenvalue weighted by molar-refractivity contribution is 6.35. The third-order valence-electron chi connectivity index (χ3n) is 3.00. The maximum atomic E-state index is 11.6. The molecule has 0 bridgehead atoms. The monoisotopic (exact) mass is 361 g/mol. The maximum Gasteiger partial charge on any atom is 0.327 e. The molecule has 0 aromatic heterocycles. The summed E-state index contributed by atoms with van der Waals surface area (Å²) in [5, 5.41) is 2.99. The van der Waals surface area contributed by atoms with E-state index >= 15 is 0 Å². The first kappa shape index (κ1) is 18.3. The largest absolute Gasteiger partial charge is 0.484 e. The van der Waals surface area contributed by atoms with E-state index < -0.39 is 17.7 Å². The zero-order valence-corrected chi connectivity index (χ0v) is 13.9. The molecule has 0 atom stereocenters. The van der Waals surface area contributed by atoms with Crippen molar-refractivity contribution in [3.8, 4) is 5.75 Å². The fourth-order valence-corrected chi connectivity index (χ4v) is 1.88. The standard InChI is InChI=1S/C17H16ClN3O4/c18-13-6-8-14(9-7-13)25-11-15(22)20-21-17(24)16(23)19-10-12-4-2-1-3-5-12/h1-9H,10-11H2,(H,19,23)(H,20,22)(H,21,24). The van der Waals surface area contributed by atoms with E-state index in [-0.39, 0.29) is 13.2 Å². The molecule has 0 radical (unpaired) electrons. The van der Waals surface area contributed by atoms with Gasteiger partial charge >= 0.3 is 11.8 Å². The molecule has 0 saturated carbocycles. The number of benzene rings is 2. The Labute approximate surface area is 149 Å². The normalized spacial score (nSPS) is 9.80. The van der Waals surface area contributed by atoms with Crippen molar-refractivity contribution in [1.82, 2.24) is 16.2 Å². The van der Waals surface area contributed by atoms with Crippen LogP contribution in [0.15, 0.2) is 54.6 Å². The van der Waals surface area contributed by atoms with Crippen LogP contribution in [0.1, 0.15) is 5.56 Å². The third kappa shape index (κ3) is 6.52. The molecule has 0 fully saturated rings. The minimum atomic E-state index is -0.976. The van der Waals surface area contributed by atoms with Crippen LogP contribution < -0.4 is 20.9 Å². The molecule has 2 aromatic rings. The number of halogens is 1. The van der Waals surface area contributed by atoms with Crippen molar-refractivity contribution >= 4 is 29.3 Å². The van der Waals surface area contributed by atoms with Gasteiger partial charge in [0.1, 0.15) is 5.75 Å². The van der Waals surface area contributed by atoms with Crippen molar-refractivity contribution in [3.05, 3.63) is 65.2 Å². The zero-order valence-electron chi connectivity index (χ0n) is 13.1. The smallest absolute Gasteiger partial charge is 0.327 e. The lowest BCUT2D eigenvalue weighted by Crippen LogP contribution is -2.49. The van der Waals surface area contributed by atoms with Gasteiger partial charge in [-0.05, 0) is 29.8 Å². The van der Waals surface area contributed by atoms with E-state index in [0.29, 0.717) is 10.8 Å². The molecule has 2 aromatic carbocycles. The number of hydrogen-bond donors (Lipinski definition) is 3. The van der Waals surface area contributed by atoms with Crippen molar-refractivity contribution in [2.24, 2.45) is 0 Å². The summed E-state index contributed by atoms with van der Waals surface area (Å²) in [6.07, 6.45) is 0. The fraction of sp³-hybridized carbons (Fsp3) is 0.118. The van der Waals surface area contributed by atoms with Crippen molar-refractivity contribution in [2.45, 2.75) is 6.54 Å². The summed E-state index contributed by atoms with van der Waals surface area (Å²) in [6.45, 7) is -0.117. The van der Waals surface area contributed by atoms with E-state index in [9.17, 15) is 14.4 Å². The second-order valence-corrected chi connectivity index (χ2v) is 5.35. The minimum Gasteiger partial charge on any atom is -0.484 e. The van der Waals surface area contributed by atoms with Gasteiger partial charge in [0.05, 0.1) is 0 Å². The van der Waals surface area contributed by atoms with Gasteiger partial charge in [-0.2, -0.15) is 0 Å². The Hall–Kier alpha value is -3.06. The molecule has 0 aliphatic carbocycles. The average Bonchev–Trinajstić information content (AvgIpc) is 2.64. The van der Waals surface area contributed by atoms with Gasteiger partial charge in [-0.15, -0.1) is 0 Å². The lowest BCUT2D eigenvalue weighted by Gasteiger charge is -2.09. The number of amides is 3. The highest BCUT2D eigenvalue weighted by Gasteiger charge is 2.14. The number of rotatable bonds is 5. The molecule has 25 heavy (non-hydrogen) atoms. The fourth-order valence-electron chi connectivity index (χ4n) is 1.76. The molecule has 3 amide bonds. The van der Waals surface area contributed by atoms with E-state index in [1.54, 1.807) is 24.3 Å². The van der Waals surface area contributed by atoms with Crippen LogP contribution in [0.4, 0.5) is 0 Å². The van der Waals surface area contributed by atoms with Crippen molar-refractivity contribution < 1.29 is 19.1 Å². The molecular formula is C17H16ClN3O4. The van der Waals surface area contributed by atoms with Crippen LogP contribution in [0, 0.1) is 0 Å². The van der Waals surface area contributed by atoms with Crippen molar-refractivity contribution in [1.29, 1.82) is 0 Å². The Morgan fingerprint density at radius 1 is 0.880 bits per heavy atom. The molecule has 8 heteroatoms. The summed E-state index contributed by atoms with van der Waals surface area (Å²) in [7, 11) is 0. The van der Waals surface area contributed by atoms with Gasteiger partial charge in [0, 0.05) is 11.6 Å². The Morgan fingerprint density at radius 3 is 2.24 bits per heavy atom. The number of hydrogen-bond acceptors (Lipinski definition) is 4. The van der Waals surface area contributed by atoms with E-state index in [0.717, 1.165) is 5.56 Å². The summed E-state index contributed by atoms with van der Waals surface area (Å²) >= 11 is 5.73. The van der Waals surface area contributed by atoms with Crippen molar-refractivity contribution in [2.75, 3.05) is 6.61 Å². The van der Waals surface area contributed by atoms with E-state index in [4.69, 9.17) is 16.3 Å². The van der Waals surface area contributed by atoms with Gasteiger partial charge in [-0.3, -0.25) is 25.2 Å². The summed E-state index contributed by atoms with van der Waals surface area (Å²) in [4.78, 5) is 34.8. The summed E-state index contributed by atoms with van der Waals surface area (Å²) < 4.78 is 5.20. The number of nitrogens with one attached hydrogen (secondary N) is 3. The molecule has 0 saturated heterocycles. The van der Waals surface area contributed by atoms with Gasteiger partial charge in [0.2, 0.25) is 0 Å². The summed E-state index contributed by atoms with van der Waals surface area (Å²) in [6, 6.07) is 15.6. The Morgan fingerprint density at radius 2 is 1.56 bits per heavy atom. The molecule has 0 aliphatic rings. The molecule has 2 rings (SSSR count). The Balaban J connectivity index is 1.67. The number of ether oxygens (including phenoxy) is 1. The molecule has 3 N–H and O–H groups in total. The van der Waals surface area contributed by atoms with Gasteiger partial charge in [-0.25, -0.2) is 0 Å². The first-order chi connectivity index (χ1) is 12.0. The SMILES string of the molecule is O=C(COc1ccc(Cl)cc1)NNC(=O)C(=O)NCc1ccccc1. The predicted molar refractivity (Wildman–Crippen MR) is 91.5 cm³/mol. The first-order valence-electron chi connectivity index (χ1n) is 7.34. The average molecular weight is 362 g/mol. The van der Waals surface area contributed by atoms with Crippen LogP contribution in [0.3, 0.4) is 0 Å². The first-order valence-corrected chi connectivity index (χ1v) is 7.71. The van der Waals surface area contributed by atoms with Gasteiger partial charge < -0.3 is 10.1 Å². The van der Waals surface area contributed by atoms with Crippen LogP contribution in [0.25, 0.3) is 0 Å². The van der Waals surface area contributed by atoms with E-state index in [1.807, 2.05) is 35.8 Å². The summed E-state index contributed by atoms with van der Waals surface area (Å²) in [5.74, 6) is -2.00. The van der Waals surface area contributed by atoms with Crippen molar-refractivity contribution in [3.63, 3.8) is 0 Å². The number of hydrazine groups is 1. The lowest BCUT2D eigenvalue weighted by atomic mass is 10.2. The Bertz CT molecular complexity index is 735. The number of carbonyl (C=O) groups is 3. The molecule has 7 nitrogen and oxygen atoms in total.